The molecule has 2 N–H and O–H groups in total. The second-order valence-electron chi connectivity index (χ2n) is 10.1. The lowest BCUT2D eigenvalue weighted by Gasteiger charge is -2.34. The van der Waals surface area contributed by atoms with Crippen LogP contribution in [-0.4, -0.2) is 59.9 Å². The van der Waals surface area contributed by atoms with Crippen molar-refractivity contribution in [3.63, 3.8) is 0 Å². The Bertz CT molecular complexity index is 937. The molecule has 1 aromatic carbocycles. The normalized spacial score (nSPS) is 12.3. The van der Waals surface area contributed by atoms with E-state index < -0.39 is 5.60 Å². The van der Waals surface area contributed by atoms with Crippen LogP contribution in [0, 0.1) is 6.92 Å². The van der Waals surface area contributed by atoms with E-state index in [1.807, 2.05) is 26.2 Å². The van der Waals surface area contributed by atoms with Crippen LogP contribution in [-0.2, 0) is 12.0 Å². The number of aromatic nitrogens is 1. The Balaban J connectivity index is 2.36. The van der Waals surface area contributed by atoms with Crippen LogP contribution < -0.4 is 10.1 Å². The summed E-state index contributed by atoms with van der Waals surface area (Å²) in [6.45, 7) is 14.8. The molecule has 0 spiro atoms. The van der Waals surface area contributed by atoms with Crippen LogP contribution in [0.4, 0.5) is 0 Å². The van der Waals surface area contributed by atoms with E-state index in [4.69, 9.17) is 4.74 Å². The number of carbonyl (C=O) groups is 1. The molecule has 0 atom stereocenters. The van der Waals surface area contributed by atoms with Gasteiger partial charge in [0.15, 0.2) is 0 Å². The molecule has 2 rings (SSSR count). The minimum absolute atomic E-state index is 0.0252. The number of aryl methyl sites for hydroxylation is 1. The SMILES string of the molecule is CCn1c(C(=O)NCCN(C)C)ccc1C(CC)(CC)c1ccc(OCCC(C)(C)O)c(C)c1. The lowest BCUT2D eigenvalue weighted by Crippen LogP contribution is -2.34. The minimum atomic E-state index is -0.741. The van der Waals surface area contributed by atoms with E-state index in [9.17, 15) is 9.90 Å². The summed E-state index contributed by atoms with van der Waals surface area (Å²) in [6.07, 6.45) is 2.42. The van der Waals surface area contributed by atoms with Crippen molar-refractivity contribution in [2.24, 2.45) is 0 Å². The highest BCUT2D eigenvalue weighted by Crippen LogP contribution is 2.41. The van der Waals surface area contributed by atoms with Gasteiger partial charge in [-0.3, -0.25) is 4.79 Å². The van der Waals surface area contributed by atoms with E-state index in [0.717, 1.165) is 37.2 Å². The van der Waals surface area contributed by atoms with Crippen molar-refractivity contribution in [2.75, 3.05) is 33.8 Å². The van der Waals surface area contributed by atoms with Crippen molar-refractivity contribution in [1.29, 1.82) is 0 Å². The van der Waals surface area contributed by atoms with E-state index in [1.165, 1.54) is 11.3 Å². The third-order valence-electron chi connectivity index (χ3n) is 6.77. The molecular weight excluding hydrogens is 426 g/mol. The van der Waals surface area contributed by atoms with Gasteiger partial charge in [0.1, 0.15) is 11.4 Å². The molecular formula is C28H45N3O3. The van der Waals surface area contributed by atoms with Crippen LogP contribution in [0.1, 0.15) is 81.2 Å². The first-order valence-electron chi connectivity index (χ1n) is 12.6. The average molecular weight is 472 g/mol. The summed E-state index contributed by atoms with van der Waals surface area (Å²) in [5, 5.41) is 13.0. The second-order valence-corrected chi connectivity index (χ2v) is 10.1. The minimum Gasteiger partial charge on any atom is -0.493 e. The Morgan fingerprint density at radius 1 is 1.12 bits per heavy atom. The van der Waals surface area contributed by atoms with Gasteiger partial charge in [-0.05, 0) is 84.0 Å². The van der Waals surface area contributed by atoms with Gasteiger partial charge in [-0.15, -0.1) is 0 Å². The third-order valence-corrected chi connectivity index (χ3v) is 6.77. The van der Waals surface area contributed by atoms with Gasteiger partial charge in [-0.2, -0.15) is 0 Å². The smallest absolute Gasteiger partial charge is 0.267 e. The molecule has 0 aliphatic carbocycles. The first-order chi connectivity index (χ1) is 16.0. The molecule has 0 radical (unpaired) electrons. The highest BCUT2D eigenvalue weighted by molar-refractivity contribution is 5.93. The van der Waals surface area contributed by atoms with Gasteiger partial charge in [0.25, 0.3) is 5.91 Å². The Labute approximate surface area is 206 Å². The summed E-state index contributed by atoms with van der Waals surface area (Å²) in [4.78, 5) is 15.0. The fraction of sp³-hybridized carbons (Fsp3) is 0.607. The lowest BCUT2D eigenvalue weighted by molar-refractivity contribution is 0.0552. The molecule has 6 heteroatoms. The molecule has 0 saturated carbocycles. The van der Waals surface area contributed by atoms with Crippen LogP contribution in [0.2, 0.25) is 0 Å². The molecule has 0 bridgehead atoms. The molecule has 0 fully saturated rings. The van der Waals surface area contributed by atoms with E-state index in [0.29, 0.717) is 25.3 Å². The van der Waals surface area contributed by atoms with Gasteiger partial charge in [0, 0.05) is 37.2 Å². The number of likely N-dealkylation sites (N-methyl/N-ethyl adjacent to an activating group) is 1. The summed E-state index contributed by atoms with van der Waals surface area (Å²) < 4.78 is 8.13. The Morgan fingerprint density at radius 3 is 2.32 bits per heavy atom. The van der Waals surface area contributed by atoms with Crippen LogP contribution in [0.3, 0.4) is 0 Å². The zero-order chi connectivity index (χ0) is 25.5. The number of benzene rings is 1. The second kappa shape index (κ2) is 11.9. The number of hydrogen-bond acceptors (Lipinski definition) is 4. The van der Waals surface area contributed by atoms with Crippen molar-refractivity contribution in [3.8, 4) is 5.75 Å². The monoisotopic (exact) mass is 471 g/mol. The van der Waals surface area contributed by atoms with Crippen molar-refractivity contribution in [1.82, 2.24) is 14.8 Å². The molecule has 0 unspecified atom stereocenters. The molecule has 6 nitrogen and oxygen atoms in total. The topological polar surface area (TPSA) is 66.7 Å². The first kappa shape index (κ1) is 27.9. The number of ether oxygens (including phenoxy) is 1. The predicted octanol–water partition coefficient (Wildman–Crippen LogP) is 4.75. The zero-order valence-electron chi connectivity index (χ0n) is 22.5. The predicted molar refractivity (Wildman–Crippen MR) is 140 cm³/mol. The van der Waals surface area contributed by atoms with Crippen LogP contribution >= 0.6 is 0 Å². The van der Waals surface area contributed by atoms with Crippen molar-refractivity contribution >= 4 is 5.91 Å². The summed E-state index contributed by atoms with van der Waals surface area (Å²) in [5.41, 5.74) is 3.26. The lowest BCUT2D eigenvalue weighted by atomic mass is 9.72. The van der Waals surface area contributed by atoms with Gasteiger partial charge in [0.05, 0.1) is 12.2 Å². The number of nitrogens with one attached hydrogen (secondary N) is 1. The first-order valence-corrected chi connectivity index (χ1v) is 12.6. The Kier molecular flexibility index (Phi) is 9.77. The van der Waals surface area contributed by atoms with Gasteiger partial charge < -0.3 is 24.6 Å². The number of amides is 1. The maximum atomic E-state index is 12.9. The molecule has 34 heavy (non-hydrogen) atoms. The standard InChI is InChI=1S/C28H45N3O3/c1-9-28(10-2,22-12-14-24(21(4)20-22)34-19-16-27(5,6)33)25-15-13-23(31(25)11-3)26(32)29-17-18-30(7)8/h12-15,20,33H,9-11,16-19H2,1-8H3,(H,29,32). The summed E-state index contributed by atoms with van der Waals surface area (Å²) in [6, 6.07) is 10.5. The van der Waals surface area contributed by atoms with Gasteiger partial charge in [-0.1, -0.05) is 26.0 Å². The molecule has 1 amide bonds. The Hall–Kier alpha value is -2.31. The summed E-state index contributed by atoms with van der Waals surface area (Å²) in [7, 11) is 4.00. The number of rotatable bonds is 13. The molecule has 1 aromatic heterocycles. The van der Waals surface area contributed by atoms with Crippen LogP contribution in [0.25, 0.3) is 0 Å². The molecule has 0 aliphatic rings. The number of hydrogen-bond donors (Lipinski definition) is 2. The van der Waals surface area contributed by atoms with E-state index in [-0.39, 0.29) is 11.3 Å². The number of nitrogens with zero attached hydrogens (tertiary/aromatic N) is 2. The largest absolute Gasteiger partial charge is 0.493 e. The molecule has 1 heterocycles. The Morgan fingerprint density at radius 2 is 1.79 bits per heavy atom. The fourth-order valence-electron chi connectivity index (χ4n) is 4.60. The van der Waals surface area contributed by atoms with Crippen LogP contribution in [0.15, 0.2) is 30.3 Å². The maximum Gasteiger partial charge on any atom is 0.267 e. The molecule has 0 saturated heterocycles. The highest BCUT2D eigenvalue weighted by atomic mass is 16.5. The third kappa shape index (κ3) is 6.63. The zero-order valence-corrected chi connectivity index (χ0v) is 22.5. The maximum absolute atomic E-state index is 12.9. The van der Waals surface area contributed by atoms with E-state index >= 15 is 0 Å². The quantitative estimate of drug-likeness (QED) is 0.442. The molecule has 2 aromatic rings. The van der Waals surface area contributed by atoms with E-state index in [1.54, 1.807) is 13.8 Å². The average Bonchev–Trinajstić information content (AvgIpc) is 3.20. The number of aliphatic hydroxyl groups is 1. The molecule has 0 aliphatic heterocycles. The molecule has 190 valence electrons. The van der Waals surface area contributed by atoms with Crippen molar-refractivity contribution in [3.05, 3.63) is 52.8 Å². The van der Waals surface area contributed by atoms with Gasteiger partial charge in [0.2, 0.25) is 0 Å². The summed E-state index contributed by atoms with van der Waals surface area (Å²) >= 11 is 0. The number of carbonyl (C=O) groups excluding carboxylic acids is 1. The highest BCUT2D eigenvalue weighted by Gasteiger charge is 2.35. The fourth-order valence-corrected chi connectivity index (χ4v) is 4.60. The summed E-state index contributed by atoms with van der Waals surface area (Å²) in [5.74, 6) is 0.823. The van der Waals surface area contributed by atoms with Gasteiger partial charge >= 0.3 is 0 Å². The van der Waals surface area contributed by atoms with Crippen molar-refractivity contribution < 1.29 is 14.6 Å². The van der Waals surface area contributed by atoms with E-state index in [2.05, 4.69) is 60.7 Å². The van der Waals surface area contributed by atoms with Crippen LogP contribution in [0.5, 0.6) is 5.75 Å². The van der Waals surface area contributed by atoms with Gasteiger partial charge in [-0.25, -0.2) is 0 Å². The van der Waals surface area contributed by atoms with Crippen molar-refractivity contribution in [2.45, 2.75) is 78.4 Å².